The zero-order valence-corrected chi connectivity index (χ0v) is 11.7. The van der Waals surface area contributed by atoms with Gasteiger partial charge in [0, 0.05) is 24.1 Å². The van der Waals surface area contributed by atoms with Crippen molar-refractivity contribution in [1.29, 1.82) is 0 Å². The van der Waals surface area contributed by atoms with Crippen molar-refractivity contribution in [2.75, 3.05) is 12.1 Å². The molecule has 0 aliphatic carbocycles. The van der Waals surface area contributed by atoms with Crippen molar-refractivity contribution < 1.29 is 9.13 Å². The van der Waals surface area contributed by atoms with Crippen LogP contribution in [-0.2, 0) is 6.54 Å². The second-order valence-corrected chi connectivity index (χ2v) is 4.19. The number of nitrogens with zero attached hydrogens (tertiary/aromatic N) is 6. The van der Waals surface area contributed by atoms with E-state index < -0.39 is 5.82 Å². The molecule has 0 aliphatic heterocycles. The topological polar surface area (TPSA) is 68.4 Å². The summed E-state index contributed by atoms with van der Waals surface area (Å²) in [5, 5.41) is 12.9. The highest BCUT2D eigenvalue weighted by Crippen LogP contribution is 2.22. The van der Waals surface area contributed by atoms with Crippen LogP contribution >= 0.6 is 11.8 Å². The van der Waals surface area contributed by atoms with Crippen molar-refractivity contribution in [3.05, 3.63) is 29.5 Å². The summed E-state index contributed by atoms with van der Waals surface area (Å²) in [5.74, 6) is 0.580. The molecule has 0 amide bonds. The van der Waals surface area contributed by atoms with Gasteiger partial charge in [0.1, 0.15) is 11.6 Å². The van der Waals surface area contributed by atoms with Gasteiger partial charge in [-0.2, -0.15) is 5.10 Å². The normalized spacial score (nSPS) is 10.4. The Labute approximate surface area is 119 Å². The minimum absolute atomic E-state index is 0.141. The van der Waals surface area contributed by atoms with E-state index in [2.05, 4.69) is 27.0 Å². The molecular formula is C11H12ClFN6O. The van der Waals surface area contributed by atoms with Crippen molar-refractivity contribution in [3.63, 3.8) is 0 Å². The van der Waals surface area contributed by atoms with E-state index in [1.165, 1.54) is 22.3 Å². The predicted octanol–water partition coefficient (Wildman–Crippen LogP) is 1.75. The Morgan fingerprint density at radius 2 is 2.30 bits per heavy atom. The maximum atomic E-state index is 13.3. The van der Waals surface area contributed by atoms with E-state index in [1.807, 2.05) is 0 Å². The number of rotatable bonds is 5. The Hall–Kier alpha value is -2.22. The Bertz CT molecular complexity index is 631. The van der Waals surface area contributed by atoms with E-state index in [4.69, 9.17) is 16.5 Å². The van der Waals surface area contributed by atoms with Crippen LogP contribution in [0.25, 0.3) is 0 Å². The standard InChI is InChI=1S/C11H12ClFN6O/c1-7-16-17-11(19(7)12)18(14-2)6-8-4-9(13)5-15-10(8)20-3/h4-5H,2,6H2,1,3H3. The highest BCUT2D eigenvalue weighted by atomic mass is 35.5. The smallest absolute Gasteiger partial charge is 0.263 e. The van der Waals surface area contributed by atoms with E-state index in [0.29, 0.717) is 11.4 Å². The summed E-state index contributed by atoms with van der Waals surface area (Å²) in [6.07, 6.45) is 1.07. The molecule has 2 rings (SSSR count). The molecule has 0 fully saturated rings. The van der Waals surface area contributed by atoms with Crippen LogP contribution in [0.2, 0.25) is 0 Å². The molecule has 2 aromatic heterocycles. The molecule has 0 atom stereocenters. The lowest BCUT2D eigenvalue weighted by Crippen LogP contribution is -2.19. The number of hydrazone groups is 1. The lowest BCUT2D eigenvalue weighted by Gasteiger charge is -2.17. The maximum Gasteiger partial charge on any atom is 0.263 e. The summed E-state index contributed by atoms with van der Waals surface area (Å²) in [6.45, 7) is 5.27. The van der Waals surface area contributed by atoms with Gasteiger partial charge in [-0.1, -0.05) is 0 Å². The molecule has 0 N–H and O–H groups in total. The third kappa shape index (κ3) is 2.69. The van der Waals surface area contributed by atoms with Crippen molar-refractivity contribution in [2.45, 2.75) is 13.5 Å². The molecule has 0 aliphatic rings. The second kappa shape index (κ2) is 5.83. The summed E-state index contributed by atoms with van der Waals surface area (Å²) >= 11 is 5.99. The zero-order valence-electron chi connectivity index (χ0n) is 10.9. The molecule has 106 valence electrons. The van der Waals surface area contributed by atoms with Gasteiger partial charge in [-0.15, -0.1) is 10.2 Å². The van der Waals surface area contributed by atoms with Crippen LogP contribution in [0, 0.1) is 12.7 Å². The molecular weight excluding hydrogens is 287 g/mol. The van der Waals surface area contributed by atoms with E-state index in [0.717, 1.165) is 6.20 Å². The first-order valence-electron chi connectivity index (χ1n) is 5.57. The van der Waals surface area contributed by atoms with Crippen LogP contribution in [0.3, 0.4) is 0 Å². The lowest BCUT2D eigenvalue weighted by molar-refractivity contribution is 0.389. The Balaban J connectivity index is 2.33. The average Bonchev–Trinajstić information content (AvgIpc) is 2.77. The van der Waals surface area contributed by atoms with E-state index >= 15 is 0 Å². The Morgan fingerprint density at radius 1 is 1.55 bits per heavy atom. The molecule has 0 spiro atoms. The van der Waals surface area contributed by atoms with Crippen molar-refractivity contribution in [3.8, 4) is 5.88 Å². The Kier molecular flexibility index (Phi) is 4.14. The van der Waals surface area contributed by atoms with Gasteiger partial charge in [0.25, 0.3) is 5.95 Å². The number of hydrogen-bond donors (Lipinski definition) is 0. The predicted molar refractivity (Wildman–Crippen MR) is 72.5 cm³/mol. The summed E-state index contributed by atoms with van der Waals surface area (Å²) < 4.78 is 19.6. The number of ether oxygens (including phenoxy) is 1. The van der Waals surface area contributed by atoms with Gasteiger partial charge >= 0.3 is 0 Å². The SMILES string of the molecule is C=NN(Cc1cc(F)cnc1OC)c1nnc(C)n1Cl. The molecule has 0 saturated carbocycles. The van der Waals surface area contributed by atoms with E-state index in [-0.39, 0.29) is 18.4 Å². The number of aryl methyl sites for hydroxylation is 1. The van der Waals surface area contributed by atoms with Crippen molar-refractivity contribution >= 4 is 24.4 Å². The fourth-order valence-electron chi connectivity index (χ4n) is 1.60. The van der Waals surface area contributed by atoms with Crippen LogP contribution in [0.5, 0.6) is 5.88 Å². The number of methoxy groups -OCH3 is 1. The van der Waals surface area contributed by atoms with Crippen LogP contribution < -0.4 is 9.75 Å². The van der Waals surface area contributed by atoms with Crippen molar-refractivity contribution in [1.82, 2.24) is 19.3 Å². The molecule has 0 aromatic carbocycles. The molecule has 0 unspecified atom stereocenters. The van der Waals surface area contributed by atoms with Gasteiger partial charge in [-0.3, -0.25) is 0 Å². The molecule has 7 nitrogen and oxygen atoms in total. The zero-order chi connectivity index (χ0) is 14.7. The quantitative estimate of drug-likeness (QED) is 0.621. The van der Waals surface area contributed by atoms with E-state index in [1.54, 1.807) is 6.92 Å². The summed E-state index contributed by atoms with van der Waals surface area (Å²) in [4.78, 5) is 3.84. The number of anilines is 1. The third-order valence-electron chi connectivity index (χ3n) is 2.55. The van der Waals surface area contributed by atoms with E-state index in [9.17, 15) is 4.39 Å². The number of halogens is 2. The van der Waals surface area contributed by atoms with Gasteiger partial charge in [-0.05, 0) is 13.0 Å². The van der Waals surface area contributed by atoms with Crippen molar-refractivity contribution in [2.24, 2.45) is 5.10 Å². The number of pyridine rings is 1. The van der Waals surface area contributed by atoms with Crippen LogP contribution in [-0.4, -0.2) is 33.1 Å². The Morgan fingerprint density at radius 3 is 2.85 bits per heavy atom. The molecule has 2 aromatic rings. The molecule has 0 bridgehead atoms. The van der Waals surface area contributed by atoms with Gasteiger partial charge in [-0.25, -0.2) is 18.5 Å². The van der Waals surface area contributed by atoms with Gasteiger partial charge < -0.3 is 4.74 Å². The molecule has 0 radical (unpaired) electrons. The molecule has 2 heterocycles. The fraction of sp³-hybridized carbons (Fsp3) is 0.273. The largest absolute Gasteiger partial charge is 0.481 e. The van der Waals surface area contributed by atoms with Crippen LogP contribution in [0.1, 0.15) is 11.4 Å². The highest BCUT2D eigenvalue weighted by molar-refractivity contribution is 6.17. The third-order valence-corrected chi connectivity index (χ3v) is 2.95. The fourth-order valence-corrected chi connectivity index (χ4v) is 1.76. The summed E-state index contributed by atoms with van der Waals surface area (Å²) in [6, 6.07) is 1.30. The minimum Gasteiger partial charge on any atom is -0.481 e. The second-order valence-electron chi connectivity index (χ2n) is 3.85. The molecule has 20 heavy (non-hydrogen) atoms. The average molecular weight is 299 g/mol. The van der Waals surface area contributed by atoms with Gasteiger partial charge in [0.05, 0.1) is 19.9 Å². The minimum atomic E-state index is -0.478. The van der Waals surface area contributed by atoms with Gasteiger partial charge in [0.15, 0.2) is 0 Å². The molecule has 0 saturated heterocycles. The lowest BCUT2D eigenvalue weighted by atomic mass is 10.2. The summed E-state index contributed by atoms with van der Waals surface area (Å²) in [5.41, 5.74) is 0.484. The first-order chi connectivity index (χ1) is 9.56. The molecule has 9 heteroatoms. The first-order valence-corrected chi connectivity index (χ1v) is 5.91. The summed E-state index contributed by atoms with van der Waals surface area (Å²) in [7, 11) is 1.45. The maximum absolute atomic E-state index is 13.3. The van der Waals surface area contributed by atoms with Crippen LogP contribution in [0.4, 0.5) is 10.3 Å². The highest BCUT2D eigenvalue weighted by Gasteiger charge is 2.17. The number of hydrogen-bond acceptors (Lipinski definition) is 6. The van der Waals surface area contributed by atoms with Gasteiger partial charge in [0.2, 0.25) is 5.88 Å². The first kappa shape index (κ1) is 14.2. The number of aromatic nitrogens is 4. The van der Waals surface area contributed by atoms with Crippen LogP contribution in [0.15, 0.2) is 17.4 Å². The monoisotopic (exact) mass is 298 g/mol.